The summed E-state index contributed by atoms with van der Waals surface area (Å²) in [6.07, 6.45) is 3.40. The highest BCUT2D eigenvalue weighted by Crippen LogP contribution is 1.98. The SMILES string of the molecule is C=N/C(=N\C)c1ccncc1. The molecule has 0 radical (unpaired) electrons. The summed E-state index contributed by atoms with van der Waals surface area (Å²) in [6.45, 7) is 3.41. The van der Waals surface area contributed by atoms with Crippen molar-refractivity contribution in [2.24, 2.45) is 9.98 Å². The summed E-state index contributed by atoms with van der Waals surface area (Å²) in [7, 11) is 1.68. The molecule has 0 aliphatic carbocycles. The third-order valence-electron chi connectivity index (χ3n) is 1.30. The molecule has 0 aromatic carbocycles. The average molecular weight is 147 g/mol. The number of hydrogen-bond acceptors (Lipinski definition) is 2. The Balaban J connectivity index is 3.01. The lowest BCUT2D eigenvalue weighted by atomic mass is 10.2. The molecule has 56 valence electrons. The normalized spacial score (nSPS) is 11.2. The van der Waals surface area contributed by atoms with Crippen LogP contribution in [0.5, 0.6) is 0 Å². The smallest absolute Gasteiger partial charge is 0.153 e. The molecular weight excluding hydrogens is 138 g/mol. The van der Waals surface area contributed by atoms with Gasteiger partial charge in [-0.1, -0.05) is 0 Å². The van der Waals surface area contributed by atoms with Gasteiger partial charge in [0.15, 0.2) is 5.84 Å². The van der Waals surface area contributed by atoms with E-state index in [0.717, 1.165) is 5.56 Å². The molecule has 1 heterocycles. The van der Waals surface area contributed by atoms with E-state index in [9.17, 15) is 0 Å². The fourth-order valence-corrected chi connectivity index (χ4v) is 0.792. The van der Waals surface area contributed by atoms with Crippen molar-refractivity contribution < 1.29 is 0 Å². The molecule has 3 nitrogen and oxygen atoms in total. The lowest BCUT2D eigenvalue weighted by Crippen LogP contribution is -1.95. The van der Waals surface area contributed by atoms with Gasteiger partial charge in [-0.2, -0.15) is 0 Å². The lowest BCUT2D eigenvalue weighted by Gasteiger charge is -1.95. The number of hydrogen-bond donors (Lipinski definition) is 0. The quantitative estimate of drug-likeness (QED) is 0.434. The van der Waals surface area contributed by atoms with Crippen molar-refractivity contribution >= 4 is 12.6 Å². The zero-order valence-electron chi connectivity index (χ0n) is 6.36. The lowest BCUT2D eigenvalue weighted by molar-refractivity contribution is 1.30. The standard InChI is InChI=1S/C8H9N3/c1-9-8(10-2)7-3-5-11-6-4-7/h3-6H,1H2,2H3/b10-8-. The Morgan fingerprint density at radius 2 is 2.09 bits per heavy atom. The van der Waals surface area contributed by atoms with Crippen LogP contribution < -0.4 is 0 Å². The van der Waals surface area contributed by atoms with Crippen molar-refractivity contribution in [1.82, 2.24) is 4.98 Å². The van der Waals surface area contributed by atoms with E-state index in [-0.39, 0.29) is 0 Å². The monoisotopic (exact) mass is 147 g/mol. The Morgan fingerprint density at radius 1 is 1.45 bits per heavy atom. The predicted octanol–water partition coefficient (Wildman–Crippen LogP) is 1.16. The molecule has 0 atom stereocenters. The van der Waals surface area contributed by atoms with Crippen molar-refractivity contribution in [2.45, 2.75) is 0 Å². The highest BCUT2D eigenvalue weighted by atomic mass is 14.9. The zero-order chi connectivity index (χ0) is 8.10. The maximum absolute atomic E-state index is 3.94. The van der Waals surface area contributed by atoms with E-state index in [1.165, 1.54) is 0 Å². The summed E-state index contributed by atoms with van der Waals surface area (Å²) in [6, 6.07) is 3.69. The molecule has 0 aliphatic rings. The third-order valence-corrected chi connectivity index (χ3v) is 1.30. The zero-order valence-corrected chi connectivity index (χ0v) is 6.36. The minimum atomic E-state index is 0.646. The Morgan fingerprint density at radius 3 is 2.55 bits per heavy atom. The van der Waals surface area contributed by atoms with Crippen molar-refractivity contribution in [3.05, 3.63) is 30.1 Å². The van der Waals surface area contributed by atoms with E-state index >= 15 is 0 Å². The first-order valence-electron chi connectivity index (χ1n) is 3.22. The van der Waals surface area contributed by atoms with Crippen LogP contribution in [0, 0.1) is 0 Å². The van der Waals surface area contributed by atoms with Gasteiger partial charge in [-0.3, -0.25) is 9.98 Å². The maximum Gasteiger partial charge on any atom is 0.153 e. The number of amidine groups is 1. The largest absolute Gasteiger partial charge is 0.270 e. The highest BCUT2D eigenvalue weighted by Gasteiger charge is 1.95. The van der Waals surface area contributed by atoms with Gasteiger partial charge in [-0.25, -0.2) is 4.99 Å². The van der Waals surface area contributed by atoms with Crippen LogP contribution in [-0.2, 0) is 0 Å². The van der Waals surface area contributed by atoms with Gasteiger partial charge >= 0.3 is 0 Å². The summed E-state index contributed by atoms with van der Waals surface area (Å²) in [4.78, 5) is 11.6. The van der Waals surface area contributed by atoms with Crippen LogP contribution in [0.3, 0.4) is 0 Å². The molecule has 0 bridgehead atoms. The van der Waals surface area contributed by atoms with Crippen LogP contribution in [-0.4, -0.2) is 24.6 Å². The van der Waals surface area contributed by atoms with Crippen LogP contribution in [0.25, 0.3) is 0 Å². The second-order valence-electron chi connectivity index (χ2n) is 1.94. The van der Waals surface area contributed by atoms with Gasteiger partial charge in [0.25, 0.3) is 0 Å². The first-order chi connectivity index (χ1) is 5.38. The minimum Gasteiger partial charge on any atom is -0.270 e. The molecule has 0 spiro atoms. The Kier molecular flexibility index (Phi) is 2.49. The predicted molar refractivity (Wildman–Crippen MR) is 46.2 cm³/mol. The van der Waals surface area contributed by atoms with E-state index in [0.29, 0.717) is 5.84 Å². The molecule has 0 N–H and O–H groups in total. The van der Waals surface area contributed by atoms with E-state index in [1.54, 1.807) is 19.4 Å². The van der Waals surface area contributed by atoms with E-state index in [2.05, 4.69) is 21.7 Å². The van der Waals surface area contributed by atoms with Gasteiger partial charge in [-0.05, 0) is 18.9 Å². The van der Waals surface area contributed by atoms with Crippen LogP contribution in [0.15, 0.2) is 34.5 Å². The average Bonchev–Trinajstić information content (AvgIpc) is 2.09. The Hall–Kier alpha value is -1.51. The number of aliphatic imine (C=N–C) groups is 2. The van der Waals surface area contributed by atoms with Gasteiger partial charge in [-0.15, -0.1) is 0 Å². The first-order valence-corrected chi connectivity index (χ1v) is 3.22. The molecule has 0 fully saturated rings. The van der Waals surface area contributed by atoms with Crippen molar-refractivity contribution in [1.29, 1.82) is 0 Å². The molecule has 0 unspecified atom stereocenters. The highest BCUT2D eigenvalue weighted by molar-refractivity contribution is 6.01. The molecule has 0 amide bonds. The second-order valence-corrected chi connectivity index (χ2v) is 1.94. The van der Waals surface area contributed by atoms with Gasteiger partial charge in [0, 0.05) is 25.0 Å². The summed E-state index contributed by atoms with van der Waals surface area (Å²) >= 11 is 0. The van der Waals surface area contributed by atoms with Crippen molar-refractivity contribution in [2.75, 3.05) is 7.05 Å². The minimum absolute atomic E-state index is 0.646. The number of aromatic nitrogens is 1. The van der Waals surface area contributed by atoms with Crippen LogP contribution in [0.2, 0.25) is 0 Å². The fraction of sp³-hybridized carbons (Fsp3) is 0.125. The van der Waals surface area contributed by atoms with Crippen molar-refractivity contribution in [3.63, 3.8) is 0 Å². The van der Waals surface area contributed by atoms with E-state index in [4.69, 9.17) is 0 Å². The number of pyridine rings is 1. The number of nitrogens with zero attached hydrogens (tertiary/aromatic N) is 3. The van der Waals surface area contributed by atoms with Gasteiger partial charge in [0.1, 0.15) is 0 Å². The molecule has 0 saturated heterocycles. The van der Waals surface area contributed by atoms with Crippen molar-refractivity contribution in [3.8, 4) is 0 Å². The fourth-order valence-electron chi connectivity index (χ4n) is 0.792. The molecule has 1 aromatic rings. The molecule has 0 aliphatic heterocycles. The van der Waals surface area contributed by atoms with Gasteiger partial charge in [0.2, 0.25) is 0 Å². The summed E-state index contributed by atoms with van der Waals surface area (Å²) < 4.78 is 0. The van der Waals surface area contributed by atoms with Gasteiger partial charge < -0.3 is 0 Å². The Labute approximate surface area is 65.5 Å². The summed E-state index contributed by atoms with van der Waals surface area (Å²) in [5.74, 6) is 0.646. The van der Waals surface area contributed by atoms with E-state index < -0.39 is 0 Å². The first kappa shape index (κ1) is 7.60. The molecule has 0 saturated carbocycles. The number of rotatable bonds is 1. The summed E-state index contributed by atoms with van der Waals surface area (Å²) in [5.41, 5.74) is 0.942. The molecule has 1 aromatic heterocycles. The Bertz CT molecular complexity index is 264. The van der Waals surface area contributed by atoms with Crippen LogP contribution in [0.1, 0.15) is 5.56 Å². The molecule has 11 heavy (non-hydrogen) atoms. The molecule has 1 rings (SSSR count). The second kappa shape index (κ2) is 3.61. The van der Waals surface area contributed by atoms with Crippen LogP contribution in [0.4, 0.5) is 0 Å². The van der Waals surface area contributed by atoms with Crippen LogP contribution >= 0.6 is 0 Å². The molecule has 3 heteroatoms. The topological polar surface area (TPSA) is 37.6 Å². The van der Waals surface area contributed by atoms with Gasteiger partial charge in [0.05, 0.1) is 0 Å². The van der Waals surface area contributed by atoms with E-state index in [1.807, 2.05) is 12.1 Å². The summed E-state index contributed by atoms with van der Waals surface area (Å²) in [5, 5.41) is 0. The molecular formula is C8H9N3. The maximum atomic E-state index is 3.94. The third kappa shape index (κ3) is 1.70.